The lowest BCUT2D eigenvalue weighted by atomic mass is 10.0. The number of benzene rings is 6. The van der Waals surface area contributed by atoms with Crippen molar-refractivity contribution in [2.45, 2.75) is 0 Å². The van der Waals surface area contributed by atoms with Gasteiger partial charge in [-0.15, -0.1) is 0 Å². The SMILES string of the molecule is N#Cc1cc(-c2ccc(N3c4ccccc4Oc4ccccc43)cc2)nc(-c2ccc(N3c4ccccc4Oc4ccccc43)cc2)c1. The van der Waals surface area contributed by atoms with Gasteiger partial charge >= 0.3 is 0 Å². The van der Waals surface area contributed by atoms with E-state index in [1.807, 2.05) is 84.9 Å². The monoisotopic (exact) mass is 618 g/mol. The molecule has 3 heterocycles. The molecule has 48 heavy (non-hydrogen) atoms. The summed E-state index contributed by atoms with van der Waals surface area (Å²) < 4.78 is 12.4. The third-order valence-corrected chi connectivity index (χ3v) is 8.66. The molecule has 9 rings (SSSR count). The van der Waals surface area contributed by atoms with Gasteiger partial charge in [-0.05, 0) is 84.9 Å². The van der Waals surface area contributed by atoms with Gasteiger partial charge in [-0.25, -0.2) is 4.98 Å². The Bertz CT molecular complexity index is 2130. The first kappa shape index (κ1) is 27.5. The minimum absolute atomic E-state index is 0.551. The molecule has 7 aromatic rings. The Hall–Kier alpha value is -6.84. The maximum absolute atomic E-state index is 9.97. The fourth-order valence-corrected chi connectivity index (χ4v) is 6.42. The van der Waals surface area contributed by atoms with E-state index in [1.54, 1.807) is 0 Å². The fraction of sp³-hybridized carbons (Fsp3) is 0. The maximum atomic E-state index is 9.97. The lowest BCUT2D eigenvalue weighted by molar-refractivity contribution is 0.477. The molecule has 6 aromatic carbocycles. The van der Waals surface area contributed by atoms with Crippen LogP contribution in [0.4, 0.5) is 34.1 Å². The van der Waals surface area contributed by atoms with Gasteiger partial charge in [-0.1, -0.05) is 72.8 Å². The number of hydrogen-bond donors (Lipinski definition) is 0. The number of aromatic nitrogens is 1. The Morgan fingerprint density at radius 2 is 0.771 bits per heavy atom. The van der Waals surface area contributed by atoms with Crippen molar-refractivity contribution in [2.75, 3.05) is 9.80 Å². The number of pyridine rings is 1. The summed E-state index contributed by atoms with van der Waals surface area (Å²) >= 11 is 0. The summed E-state index contributed by atoms with van der Waals surface area (Å²) in [5.74, 6) is 3.23. The van der Waals surface area contributed by atoms with Gasteiger partial charge in [0, 0.05) is 22.5 Å². The first-order valence-corrected chi connectivity index (χ1v) is 15.7. The second-order valence-corrected chi connectivity index (χ2v) is 11.6. The van der Waals surface area contributed by atoms with E-state index in [-0.39, 0.29) is 0 Å². The van der Waals surface area contributed by atoms with Gasteiger partial charge in [0.25, 0.3) is 0 Å². The van der Waals surface area contributed by atoms with Gasteiger partial charge in [0.05, 0.1) is 45.8 Å². The third kappa shape index (κ3) is 4.61. The van der Waals surface area contributed by atoms with Crippen LogP contribution in [0.3, 0.4) is 0 Å². The van der Waals surface area contributed by atoms with Gasteiger partial charge in [-0.2, -0.15) is 5.26 Å². The summed E-state index contributed by atoms with van der Waals surface area (Å²) in [5.41, 5.74) is 9.77. The van der Waals surface area contributed by atoms with E-state index in [9.17, 15) is 5.26 Å². The van der Waals surface area contributed by atoms with Crippen molar-refractivity contribution >= 4 is 34.1 Å². The normalized spacial score (nSPS) is 12.4. The summed E-state index contributed by atoms with van der Waals surface area (Å²) in [6, 6.07) is 54.7. The molecule has 0 saturated heterocycles. The summed E-state index contributed by atoms with van der Waals surface area (Å²) in [6.45, 7) is 0. The first-order chi connectivity index (χ1) is 23.7. The average molecular weight is 619 g/mol. The summed E-state index contributed by atoms with van der Waals surface area (Å²) in [5, 5.41) is 9.97. The molecule has 226 valence electrons. The molecule has 0 bridgehead atoms. The highest BCUT2D eigenvalue weighted by Crippen LogP contribution is 2.51. The quantitative estimate of drug-likeness (QED) is 0.196. The van der Waals surface area contributed by atoms with E-state index in [2.05, 4.69) is 88.7 Å². The molecule has 1 aromatic heterocycles. The Labute approximate surface area is 277 Å². The molecule has 0 fully saturated rings. The Balaban J connectivity index is 1.06. The predicted octanol–water partition coefficient (Wildman–Crippen LogP) is 11.4. The zero-order chi connectivity index (χ0) is 32.0. The van der Waals surface area contributed by atoms with Crippen LogP contribution in [-0.2, 0) is 0 Å². The summed E-state index contributed by atoms with van der Waals surface area (Å²) in [4.78, 5) is 9.44. The molecule has 0 atom stereocenters. The molecule has 0 amide bonds. The van der Waals surface area contributed by atoms with Gasteiger partial charge in [0.15, 0.2) is 23.0 Å². The molecule has 0 aliphatic carbocycles. The van der Waals surface area contributed by atoms with Crippen LogP contribution in [0, 0.1) is 11.3 Å². The van der Waals surface area contributed by atoms with Gasteiger partial charge in [0.2, 0.25) is 0 Å². The Morgan fingerprint density at radius 1 is 0.438 bits per heavy atom. The van der Waals surface area contributed by atoms with Crippen LogP contribution in [0.2, 0.25) is 0 Å². The largest absolute Gasteiger partial charge is 0.453 e. The molecule has 6 nitrogen and oxygen atoms in total. The van der Waals surface area contributed by atoms with Crippen molar-refractivity contribution in [3.05, 3.63) is 163 Å². The zero-order valence-corrected chi connectivity index (χ0v) is 25.6. The molecule has 0 saturated carbocycles. The van der Waals surface area contributed by atoms with Crippen LogP contribution < -0.4 is 19.3 Å². The van der Waals surface area contributed by atoms with Crippen molar-refractivity contribution in [2.24, 2.45) is 0 Å². The number of nitriles is 1. The number of rotatable bonds is 4. The van der Waals surface area contributed by atoms with Crippen LogP contribution in [0.1, 0.15) is 5.56 Å². The van der Waals surface area contributed by atoms with Crippen LogP contribution in [-0.4, -0.2) is 4.98 Å². The highest BCUT2D eigenvalue weighted by Gasteiger charge is 2.26. The fourth-order valence-electron chi connectivity index (χ4n) is 6.42. The minimum Gasteiger partial charge on any atom is -0.453 e. The number of para-hydroxylation sites is 8. The number of hydrogen-bond acceptors (Lipinski definition) is 6. The first-order valence-electron chi connectivity index (χ1n) is 15.7. The smallest absolute Gasteiger partial charge is 0.151 e. The lowest BCUT2D eigenvalue weighted by Gasteiger charge is -2.32. The maximum Gasteiger partial charge on any atom is 0.151 e. The molecular weight excluding hydrogens is 592 g/mol. The van der Waals surface area contributed by atoms with Crippen molar-refractivity contribution in [3.8, 4) is 51.6 Å². The molecular formula is C42H26N4O2. The van der Waals surface area contributed by atoms with E-state index in [0.717, 1.165) is 79.6 Å². The van der Waals surface area contributed by atoms with Gasteiger partial charge in [0.1, 0.15) is 0 Å². The average Bonchev–Trinajstić information content (AvgIpc) is 3.16. The zero-order valence-electron chi connectivity index (χ0n) is 25.6. The van der Waals surface area contributed by atoms with Crippen molar-refractivity contribution in [1.82, 2.24) is 4.98 Å². The number of fused-ring (bicyclic) bond motifs is 4. The topological polar surface area (TPSA) is 61.6 Å². The number of ether oxygens (including phenoxy) is 2. The second kappa shape index (κ2) is 11.2. The molecule has 0 radical (unpaired) electrons. The molecule has 2 aliphatic heterocycles. The van der Waals surface area contributed by atoms with Gasteiger partial charge in [-0.3, -0.25) is 0 Å². The number of anilines is 6. The molecule has 6 heteroatoms. The van der Waals surface area contributed by atoms with Gasteiger partial charge < -0.3 is 19.3 Å². The minimum atomic E-state index is 0.551. The van der Waals surface area contributed by atoms with Crippen molar-refractivity contribution in [1.29, 1.82) is 5.26 Å². The Morgan fingerprint density at radius 3 is 1.10 bits per heavy atom. The lowest BCUT2D eigenvalue weighted by Crippen LogP contribution is -2.15. The van der Waals surface area contributed by atoms with E-state index in [4.69, 9.17) is 14.5 Å². The van der Waals surface area contributed by atoms with E-state index in [0.29, 0.717) is 5.56 Å². The van der Waals surface area contributed by atoms with Crippen LogP contribution in [0.5, 0.6) is 23.0 Å². The van der Waals surface area contributed by atoms with Crippen LogP contribution >= 0.6 is 0 Å². The highest BCUT2D eigenvalue weighted by atomic mass is 16.5. The summed E-state index contributed by atoms with van der Waals surface area (Å²) in [7, 11) is 0. The second-order valence-electron chi connectivity index (χ2n) is 11.6. The van der Waals surface area contributed by atoms with Crippen molar-refractivity contribution in [3.63, 3.8) is 0 Å². The molecule has 0 N–H and O–H groups in total. The Kier molecular flexibility index (Phi) is 6.41. The van der Waals surface area contributed by atoms with E-state index < -0.39 is 0 Å². The summed E-state index contributed by atoms with van der Waals surface area (Å²) in [6.07, 6.45) is 0. The predicted molar refractivity (Wildman–Crippen MR) is 189 cm³/mol. The van der Waals surface area contributed by atoms with Crippen LogP contribution in [0.25, 0.3) is 22.5 Å². The molecule has 2 aliphatic rings. The van der Waals surface area contributed by atoms with Crippen LogP contribution in [0.15, 0.2) is 158 Å². The van der Waals surface area contributed by atoms with Crippen molar-refractivity contribution < 1.29 is 9.47 Å². The molecule has 0 spiro atoms. The van der Waals surface area contributed by atoms with E-state index >= 15 is 0 Å². The highest BCUT2D eigenvalue weighted by molar-refractivity contribution is 5.88. The molecule has 0 unspecified atom stereocenters. The third-order valence-electron chi connectivity index (χ3n) is 8.66. The number of nitrogens with zero attached hydrogens (tertiary/aromatic N) is 4. The van der Waals surface area contributed by atoms with E-state index in [1.165, 1.54) is 0 Å². The standard InChI is InChI=1S/C42H26N4O2/c43-27-28-25-33(29-17-21-31(22-18-29)45-35-9-1-5-13-39(35)47-40-14-6-2-10-36(40)45)44-34(26-28)30-19-23-32(24-20-30)46-37-11-3-7-15-41(37)48-42-16-8-4-12-38(42)46/h1-26H.